The van der Waals surface area contributed by atoms with E-state index < -0.39 is 22.4 Å². The van der Waals surface area contributed by atoms with Gasteiger partial charge in [0.05, 0.1) is 15.0 Å². The first-order valence-corrected chi connectivity index (χ1v) is 6.27. The zero-order valence-electron chi connectivity index (χ0n) is 10.2. The van der Waals surface area contributed by atoms with E-state index in [9.17, 15) is 19.3 Å². The standard InChI is InChI=1S/C12H7BrFN3O4/c13-8-4-7(1-2-9(8)14)16-11-10(17(20)21)3-6(5-15-11)12(18)19/h1-5H,(H,15,16)(H,18,19). The number of halogens is 2. The number of pyridine rings is 1. The number of rotatable bonds is 4. The molecule has 0 saturated heterocycles. The van der Waals surface area contributed by atoms with E-state index in [2.05, 4.69) is 26.2 Å². The van der Waals surface area contributed by atoms with Gasteiger partial charge in [-0.25, -0.2) is 14.2 Å². The molecule has 0 fully saturated rings. The molecule has 2 rings (SSSR count). The summed E-state index contributed by atoms with van der Waals surface area (Å²) in [5.41, 5.74) is -0.426. The summed E-state index contributed by atoms with van der Waals surface area (Å²) in [6.07, 6.45) is 0.996. The van der Waals surface area contributed by atoms with E-state index in [0.29, 0.717) is 5.69 Å². The average molecular weight is 356 g/mol. The molecule has 9 heteroatoms. The van der Waals surface area contributed by atoms with Crippen LogP contribution in [0.3, 0.4) is 0 Å². The second-order valence-electron chi connectivity index (χ2n) is 3.91. The number of carboxylic acids is 1. The highest BCUT2D eigenvalue weighted by Gasteiger charge is 2.19. The lowest BCUT2D eigenvalue weighted by Crippen LogP contribution is -2.04. The third-order valence-corrected chi connectivity index (χ3v) is 3.10. The molecule has 0 aliphatic rings. The first kappa shape index (κ1) is 14.9. The van der Waals surface area contributed by atoms with Crippen molar-refractivity contribution in [3.8, 4) is 0 Å². The fourth-order valence-electron chi connectivity index (χ4n) is 1.52. The van der Waals surface area contributed by atoms with Crippen molar-refractivity contribution >= 4 is 39.1 Å². The fraction of sp³-hybridized carbons (Fsp3) is 0. The van der Waals surface area contributed by atoms with Crippen LogP contribution in [-0.4, -0.2) is 21.0 Å². The lowest BCUT2D eigenvalue weighted by atomic mass is 10.2. The maximum atomic E-state index is 13.1. The predicted octanol–water partition coefficient (Wildman–Crippen LogP) is 3.33. The van der Waals surface area contributed by atoms with Crippen molar-refractivity contribution in [1.29, 1.82) is 0 Å². The van der Waals surface area contributed by atoms with Crippen LogP contribution in [0, 0.1) is 15.9 Å². The summed E-state index contributed by atoms with van der Waals surface area (Å²) in [5, 5.41) is 22.4. The number of carbonyl (C=O) groups is 1. The molecule has 1 aromatic heterocycles. The second-order valence-corrected chi connectivity index (χ2v) is 4.76. The monoisotopic (exact) mass is 355 g/mol. The number of nitrogens with zero attached hydrogens (tertiary/aromatic N) is 2. The highest BCUT2D eigenvalue weighted by molar-refractivity contribution is 9.10. The van der Waals surface area contributed by atoms with Crippen LogP contribution in [0.25, 0.3) is 0 Å². The minimum absolute atomic E-state index is 0.136. The summed E-state index contributed by atoms with van der Waals surface area (Å²) in [7, 11) is 0. The zero-order chi connectivity index (χ0) is 15.6. The lowest BCUT2D eigenvalue weighted by molar-refractivity contribution is -0.384. The third-order valence-electron chi connectivity index (χ3n) is 2.49. The van der Waals surface area contributed by atoms with Crippen molar-refractivity contribution in [3.63, 3.8) is 0 Å². The number of anilines is 2. The van der Waals surface area contributed by atoms with E-state index in [1.54, 1.807) is 0 Å². The molecule has 0 radical (unpaired) electrons. The summed E-state index contributed by atoms with van der Waals surface area (Å²) in [6.45, 7) is 0. The van der Waals surface area contributed by atoms with Crippen LogP contribution in [0.4, 0.5) is 21.6 Å². The lowest BCUT2D eigenvalue weighted by Gasteiger charge is -2.07. The van der Waals surface area contributed by atoms with Gasteiger partial charge >= 0.3 is 11.7 Å². The van der Waals surface area contributed by atoms with Crippen LogP contribution in [0.15, 0.2) is 34.9 Å². The Morgan fingerprint density at radius 1 is 1.43 bits per heavy atom. The Kier molecular flexibility index (Phi) is 4.13. The van der Waals surface area contributed by atoms with Gasteiger partial charge in [-0.1, -0.05) is 0 Å². The molecule has 0 aliphatic heterocycles. The predicted molar refractivity (Wildman–Crippen MR) is 75.2 cm³/mol. The molecule has 7 nitrogen and oxygen atoms in total. The van der Waals surface area contributed by atoms with Gasteiger partial charge < -0.3 is 10.4 Å². The zero-order valence-corrected chi connectivity index (χ0v) is 11.8. The highest BCUT2D eigenvalue weighted by Crippen LogP contribution is 2.28. The molecule has 0 saturated carbocycles. The Balaban J connectivity index is 2.41. The van der Waals surface area contributed by atoms with E-state index in [-0.39, 0.29) is 15.9 Å². The van der Waals surface area contributed by atoms with Gasteiger partial charge in [0.15, 0.2) is 0 Å². The van der Waals surface area contributed by atoms with Crippen LogP contribution < -0.4 is 5.32 Å². The van der Waals surface area contributed by atoms with Gasteiger partial charge in [-0.3, -0.25) is 10.1 Å². The van der Waals surface area contributed by atoms with E-state index in [4.69, 9.17) is 5.11 Å². The molecule has 1 heterocycles. The molecule has 2 aromatic rings. The molecule has 0 atom stereocenters. The van der Waals surface area contributed by atoms with E-state index in [1.807, 2.05) is 0 Å². The SMILES string of the molecule is O=C(O)c1cnc(Nc2ccc(F)c(Br)c2)c([N+](=O)[O-])c1. The molecule has 21 heavy (non-hydrogen) atoms. The Hall–Kier alpha value is -2.55. The smallest absolute Gasteiger partial charge is 0.337 e. The maximum Gasteiger partial charge on any atom is 0.337 e. The number of nitrogens with one attached hydrogen (secondary N) is 1. The van der Waals surface area contributed by atoms with Crippen molar-refractivity contribution in [2.45, 2.75) is 0 Å². The normalized spacial score (nSPS) is 10.2. The number of carboxylic acid groups (broad SMARTS) is 1. The summed E-state index contributed by atoms with van der Waals surface area (Å²) in [5.74, 6) is -1.94. The van der Waals surface area contributed by atoms with Gasteiger partial charge in [0.1, 0.15) is 5.82 Å². The van der Waals surface area contributed by atoms with E-state index in [1.165, 1.54) is 18.2 Å². The number of benzene rings is 1. The van der Waals surface area contributed by atoms with Gasteiger partial charge in [-0.2, -0.15) is 0 Å². The van der Waals surface area contributed by atoms with Crippen molar-refractivity contribution in [3.05, 3.63) is 56.4 Å². The third kappa shape index (κ3) is 3.31. The van der Waals surface area contributed by atoms with Gasteiger partial charge in [0, 0.05) is 18.0 Å². The van der Waals surface area contributed by atoms with Crippen LogP contribution in [0.2, 0.25) is 0 Å². The molecular formula is C12H7BrFN3O4. The Bertz CT molecular complexity index is 738. The van der Waals surface area contributed by atoms with E-state index >= 15 is 0 Å². The number of nitro groups is 1. The molecule has 0 spiro atoms. The highest BCUT2D eigenvalue weighted by atomic mass is 79.9. The van der Waals surface area contributed by atoms with Gasteiger partial charge in [-0.05, 0) is 34.1 Å². The molecule has 2 N–H and O–H groups in total. The first-order chi connectivity index (χ1) is 9.88. The van der Waals surface area contributed by atoms with Crippen molar-refractivity contribution in [2.24, 2.45) is 0 Å². The summed E-state index contributed by atoms with van der Waals surface area (Å²) >= 11 is 2.99. The van der Waals surface area contributed by atoms with Gasteiger partial charge in [0.2, 0.25) is 5.82 Å². The molecule has 0 amide bonds. The minimum atomic E-state index is -1.32. The first-order valence-electron chi connectivity index (χ1n) is 5.48. The topological polar surface area (TPSA) is 105 Å². The minimum Gasteiger partial charge on any atom is -0.478 e. The quantitative estimate of drug-likeness (QED) is 0.643. The second kappa shape index (κ2) is 5.83. The maximum absolute atomic E-state index is 13.1. The molecule has 0 bridgehead atoms. The Morgan fingerprint density at radius 2 is 2.14 bits per heavy atom. The van der Waals surface area contributed by atoms with Gasteiger partial charge in [-0.15, -0.1) is 0 Å². The van der Waals surface area contributed by atoms with Crippen LogP contribution >= 0.6 is 15.9 Å². The number of hydrogen-bond acceptors (Lipinski definition) is 5. The average Bonchev–Trinajstić information content (AvgIpc) is 2.43. The summed E-state index contributed by atoms with van der Waals surface area (Å²) < 4.78 is 13.3. The van der Waals surface area contributed by atoms with E-state index in [0.717, 1.165) is 12.3 Å². The largest absolute Gasteiger partial charge is 0.478 e. The van der Waals surface area contributed by atoms with Crippen molar-refractivity contribution < 1.29 is 19.2 Å². The Morgan fingerprint density at radius 3 is 2.71 bits per heavy atom. The fourth-order valence-corrected chi connectivity index (χ4v) is 1.89. The van der Waals surface area contributed by atoms with Crippen molar-refractivity contribution in [1.82, 2.24) is 4.98 Å². The summed E-state index contributed by atoms with van der Waals surface area (Å²) in [6, 6.07) is 4.82. The Labute approximate surface area is 125 Å². The van der Waals surface area contributed by atoms with Crippen LogP contribution in [-0.2, 0) is 0 Å². The van der Waals surface area contributed by atoms with Gasteiger partial charge in [0.25, 0.3) is 0 Å². The van der Waals surface area contributed by atoms with Crippen LogP contribution in [0.1, 0.15) is 10.4 Å². The molecule has 0 unspecified atom stereocenters. The number of aromatic nitrogens is 1. The molecule has 1 aromatic carbocycles. The van der Waals surface area contributed by atoms with Crippen molar-refractivity contribution in [2.75, 3.05) is 5.32 Å². The number of aromatic carboxylic acids is 1. The summed E-state index contributed by atoms with van der Waals surface area (Å²) in [4.78, 5) is 24.7. The molecular weight excluding hydrogens is 349 g/mol. The van der Waals surface area contributed by atoms with Crippen LogP contribution in [0.5, 0.6) is 0 Å². The molecule has 108 valence electrons. The molecule has 0 aliphatic carbocycles. The number of hydrogen-bond donors (Lipinski definition) is 2.